The second kappa shape index (κ2) is 15.7. The summed E-state index contributed by atoms with van der Waals surface area (Å²) in [6.07, 6.45) is 0.963. The number of aliphatic carboxylic acids is 2. The van der Waals surface area contributed by atoms with Crippen molar-refractivity contribution < 1.29 is 68.5 Å². The summed E-state index contributed by atoms with van der Waals surface area (Å²) < 4.78 is -1.14. The fourth-order valence-corrected chi connectivity index (χ4v) is 10.2. The number of carboxylic acid groups (broad SMARTS) is 2. The molecule has 4 fully saturated rings. The number of carboxylic acids is 2. The van der Waals surface area contributed by atoms with Crippen LogP contribution in [0.15, 0.2) is 60.7 Å². The third-order valence-corrected chi connectivity index (χ3v) is 12.2. The normalized spacial score (nSPS) is 27.0. The molecule has 4 aliphatic heterocycles. The van der Waals surface area contributed by atoms with Crippen LogP contribution in [0.2, 0.25) is 0 Å². The van der Waals surface area contributed by atoms with E-state index in [-0.39, 0.29) is 94.9 Å². The minimum atomic E-state index is -1.23. The van der Waals surface area contributed by atoms with E-state index >= 15 is 0 Å². The van der Waals surface area contributed by atoms with E-state index in [1.54, 1.807) is 13.8 Å². The first-order chi connectivity index (χ1) is 21.6. The van der Waals surface area contributed by atoms with Crippen LogP contribution in [0.4, 0.5) is 0 Å². The van der Waals surface area contributed by atoms with Gasteiger partial charge in [-0.05, 0) is 38.8 Å². The number of hydrogen-bond donors (Lipinski definition) is 1. The van der Waals surface area contributed by atoms with Gasteiger partial charge < -0.3 is 24.8 Å². The molecular formula is C34H38ClN2NaO8S2. The first-order valence-corrected chi connectivity index (χ1v) is 16.9. The zero-order valence-electron chi connectivity index (χ0n) is 27.5. The fourth-order valence-electron chi connectivity index (χ4n) is 6.82. The zero-order chi connectivity index (χ0) is 33.6. The third kappa shape index (κ3) is 8.00. The van der Waals surface area contributed by atoms with E-state index in [9.17, 15) is 39.0 Å². The molecule has 4 saturated heterocycles. The van der Waals surface area contributed by atoms with Crippen molar-refractivity contribution in [2.75, 3.05) is 0 Å². The quantitative estimate of drug-likeness (QED) is 0.262. The third-order valence-electron chi connectivity index (χ3n) is 8.94. The fraction of sp³-hybridized carbons (Fsp3) is 0.471. The van der Waals surface area contributed by atoms with Crippen molar-refractivity contribution in [1.82, 2.24) is 9.80 Å². The SMILES string of the molecule is CC1(C)S[C@@H]2[C@H](CC(=O)Cc3ccccc3)C(=O)N2[C@H]1C(=O)O.CC1(C)S[C@@H]2[C@H](CC(=O)Cc3ccccc3)C(=O)N2[C@H]1C(=O)[O-].Cl.[Na+]. The Labute approximate surface area is 316 Å². The molecule has 0 saturated carbocycles. The van der Waals surface area contributed by atoms with E-state index in [2.05, 4.69) is 0 Å². The predicted octanol–water partition coefficient (Wildman–Crippen LogP) is -0.00610. The maximum absolute atomic E-state index is 12.3. The number of benzene rings is 2. The number of β-lactam (4-membered cyclic amide) rings is 2. The Kier molecular flexibility index (Phi) is 13.1. The molecule has 6 rings (SSSR count). The number of Topliss-reactive ketones (excluding diaryl/α,β-unsaturated/α-hetero) is 2. The van der Waals surface area contributed by atoms with Gasteiger partial charge in [0.25, 0.3) is 0 Å². The second-order valence-corrected chi connectivity index (χ2v) is 16.7. The predicted molar refractivity (Wildman–Crippen MR) is 179 cm³/mol. The van der Waals surface area contributed by atoms with E-state index in [1.165, 1.54) is 33.3 Å². The average Bonchev–Trinajstić information content (AvgIpc) is 3.40. The van der Waals surface area contributed by atoms with Gasteiger partial charge >= 0.3 is 35.5 Å². The number of carbonyl (C=O) groups excluding carboxylic acids is 5. The first-order valence-electron chi connectivity index (χ1n) is 15.2. The molecule has 0 bridgehead atoms. The number of ketones is 2. The van der Waals surface area contributed by atoms with Crippen LogP contribution >= 0.6 is 35.9 Å². The van der Waals surface area contributed by atoms with Crippen molar-refractivity contribution in [3.05, 3.63) is 71.8 Å². The van der Waals surface area contributed by atoms with Gasteiger partial charge in [0, 0.05) is 35.2 Å². The summed E-state index contributed by atoms with van der Waals surface area (Å²) in [4.78, 5) is 74.7. The number of hydrogen-bond acceptors (Lipinski definition) is 9. The smallest absolute Gasteiger partial charge is 0.548 e. The van der Waals surface area contributed by atoms with E-state index in [4.69, 9.17) is 0 Å². The van der Waals surface area contributed by atoms with Crippen molar-refractivity contribution in [2.45, 2.75) is 85.7 Å². The van der Waals surface area contributed by atoms with Crippen molar-refractivity contribution in [3.63, 3.8) is 0 Å². The molecular weight excluding hydrogens is 687 g/mol. The van der Waals surface area contributed by atoms with Crippen LogP contribution in [0.1, 0.15) is 51.7 Å². The van der Waals surface area contributed by atoms with Crippen LogP contribution in [0.5, 0.6) is 0 Å². The molecule has 1 N–H and O–H groups in total. The van der Waals surface area contributed by atoms with Crippen molar-refractivity contribution in [1.29, 1.82) is 0 Å². The molecule has 14 heteroatoms. The molecule has 2 aromatic carbocycles. The van der Waals surface area contributed by atoms with E-state index < -0.39 is 39.4 Å². The molecule has 10 nitrogen and oxygen atoms in total. The molecule has 0 unspecified atom stereocenters. The maximum atomic E-state index is 12.3. The van der Waals surface area contributed by atoms with Gasteiger partial charge in [-0.3, -0.25) is 19.2 Å². The van der Waals surface area contributed by atoms with E-state index in [1.807, 2.05) is 74.5 Å². The molecule has 252 valence electrons. The van der Waals surface area contributed by atoms with Gasteiger partial charge in [-0.1, -0.05) is 60.7 Å². The van der Waals surface area contributed by atoms with Gasteiger partial charge in [0.15, 0.2) is 0 Å². The number of nitrogens with zero attached hydrogens (tertiary/aromatic N) is 2. The number of halogens is 1. The minimum absolute atomic E-state index is 0. The van der Waals surface area contributed by atoms with Crippen LogP contribution in [0.25, 0.3) is 0 Å². The number of amides is 2. The molecule has 6 atom stereocenters. The molecule has 0 aliphatic carbocycles. The summed E-state index contributed by atoms with van der Waals surface area (Å²) in [7, 11) is 0. The van der Waals surface area contributed by atoms with Crippen molar-refractivity contribution in [3.8, 4) is 0 Å². The standard InChI is InChI=1S/2C17H19NO4S.ClH.Na/c2*1-17(2)13(16(21)22)18-14(20)12(15(18)23-17)9-11(19)8-10-6-4-3-5-7-10;;/h2*3-7,12-13,15H,8-9H2,1-2H3,(H,21,22);1H;/q;;;+1/p-1/t2*12-,13+,15-;;/m11../s1. The minimum Gasteiger partial charge on any atom is -0.548 e. The van der Waals surface area contributed by atoms with Gasteiger partial charge in [-0.2, -0.15) is 0 Å². The van der Waals surface area contributed by atoms with Crippen LogP contribution in [0, 0.1) is 11.8 Å². The number of thioether (sulfide) groups is 2. The maximum Gasteiger partial charge on any atom is 1.00 e. The monoisotopic (exact) mass is 724 g/mol. The Bertz CT molecular complexity index is 1450. The Balaban J connectivity index is 0.000000250. The van der Waals surface area contributed by atoms with Gasteiger partial charge in [0.2, 0.25) is 11.8 Å². The average molecular weight is 725 g/mol. The number of carbonyl (C=O) groups is 6. The number of fused-ring (bicyclic) bond motifs is 2. The van der Waals surface area contributed by atoms with E-state index in [0.717, 1.165) is 11.1 Å². The molecule has 0 spiro atoms. The van der Waals surface area contributed by atoms with Gasteiger partial charge in [0.05, 0.1) is 34.6 Å². The molecule has 4 aliphatic rings. The van der Waals surface area contributed by atoms with Crippen LogP contribution in [-0.4, -0.2) is 82.6 Å². The van der Waals surface area contributed by atoms with Gasteiger partial charge in [-0.15, -0.1) is 35.9 Å². The van der Waals surface area contributed by atoms with Crippen LogP contribution < -0.4 is 34.7 Å². The summed E-state index contributed by atoms with van der Waals surface area (Å²) >= 11 is 2.93. The van der Waals surface area contributed by atoms with Gasteiger partial charge in [-0.25, -0.2) is 4.79 Å². The van der Waals surface area contributed by atoms with Crippen molar-refractivity contribution >= 4 is 71.3 Å². The Hall–Kier alpha value is -2.35. The van der Waals surface area contributed by atoms with Crippen molar-refractivity contribution in [2.24, 2.45) is 11.8 Å². The first kappa shape index (κ1) is 40.1. The summed E-state index contributed by atoms with van der Waals surface area (Å²) in [6, 6.07) is 17.1. The van der Waals surface area contributed by atoms with Gasteiger partial charge in [0.1, 0.15) is 17.6 Å². The second-order valence-electron chi connectivity index (χ2n) is 13.2. The topological polar surface area (TPSA) is 152 Å². The Morgan fingerprint density at radius 3 is 1.42 bits per heavy atom. The summed E-state index contributed by atoms with van der Waals surface area (Å²) in [5.41, 5.74) is 1.86. The molecule has 0 aromatic heterocycles. The number of rotatable bonds is 10. The van der Waals surface area contributed by atoms with E-state index in [0.29, 0.717) is 12.8 Å². The Morgan fingerprint density at radius 1 is 0.708 bits per heavy atom. The molecule has 4 heterocycles. The molecule has 48 heavy (non-hydrogen) atoms. The zero-order valence-corrected chi connectivity index (χ0v) is 31.9. The molecule has 2 amide bonds. The summed E-state index contributed by atoms with van der Waals surface area (Å²) in [5, 5.41) is 20.3. The Morgan fingerprint density at radius 2 is 1.06 bits per heavy atom. The van der Waals surface area contributed by atoms with Crippen LogP contribution in [0.3, 0.4) is 0 Å². The largest absolute Gasteiger partial charge is 1.00 e. The summed E-state index contributed by atoms with van der Waals surface area (Å²) in [5.74, 6) is -3.44. The molecule has 2 aromatic rings. The molecule has 0 radical (unpaired) electrons. The summed E-state index contributed by atoms with van der Waals surface area (Å²) in [6.45, 7) is 7.27. The van der Waals surface area contributed by atoms with Crippen LogP contribution in [-0.2, 0) is 41.6 Å².